The normalized spacial score (nSPS) is 20.3. The molecule has 3 rings (SSSR count). The second-order valence-electron chi connectivity index (χ2n) is 4.90. The minimum atomic E-state index is -0.662. The molecule has 0 fully saturated rings. The van der Waals surface area contributed by atoms with Gasteiger partial charge in [-0.25, -0.2) is 0 Å². The molecule has 2 nitrogen and oxygen atoms in total. The molecule has 3 heteroatoms. The lowest BCUT2D eigenvalue weighted by molar-refractivity contribution is 0.146. The summed E-state index contributed by atoms with van der Waals surface area (Å²) in [6.07, 6.45) is 1.83. The van der Waals surface area contributed by atoms with E-state index in [-0.39, 0.29) is 5.92 Å². The summed E-state index contributed by atoms with van der Waals surface area (Å²) in [6.45, 7) is 3.79. The third kappa shape index (κ3) is 2.21. The summed E-state index contributed by atoms with van der Waals surface area (Å²) in [6, 6.07) is 13.1. The number of benzene rings is 2. The van der Waals surface area contributed by atoms with E-state index in [1.165, 1.54) is 0 Å². The fourth-order valence-electron chi connectivity index (χ4n) is 2.66. The van der Waals surface area contributed by atoms with E-state index < -0.39 is 6.10 Å². The quantitative estimate of drug-likeness (QED) is 0.801. The van der Waals surface area contributed by atoms with Crippen molar-refractivity contribution in [2.24, 2.45) is 0 Å². The Balaban J connectivity index is 2.19. The van der Waals surface area contributed by atoms with Crippen LogP contribution in [-0.4, -0.2) is 5.11 Å². The van der Waals surface area contributed by atoms with Crippen molar-refractivity contribution < 1.29 is 9.84 Å². The van der Waals surface area contributed by atoms with Gasteiger partial charge in [0.25, 0.3) is 0 Å². The predicted octanol–water partition coefficient (Wildman–Crippen LogP) is 4.84. The van der Waals surface area contributed by atoms with Crippen molar-refractivity contribution in [2.75, 3.05) is 0 Å². The van der Waals surface area contributed by atoms with Gasteiger partial charge in [-0.2, -0.15) is 0 Å². The van der Waals surface area contributed by atoms with E-state index in [2.05, 4.69) is 6.58 Å². The van der Waals surface area contributed by atoms with Crippen molar-refractivity contribution in [1.82, 2.24) is 0 Å². The second kappa shape index (κ2) is 5.31. The SMILES string of the molecule is C=CC[C@@H]1c2ccccc2Oc2ccc(Cl)cc2[C@@H]1O. The number of rotatable bonds is 2. The number of fused-ring (bicyclic) bond motifs is 2. The lowest BCUT2D eigenvalue weighted by Crippen LogP contribution is -2.09. The highest BCUT2D eigenvalue weighted by atomic mass is 35.5. The van der Waals surface area contributed by atoms with Gasteiger partial charge in [-0.3, -0.25) is 0 Å². The molecule has 1 aliphatic heterocycles. The fourth-order valence-corrected chi connectivity index (χ4v) is 2.84. The molecule has 0 radical (unpaired) electrons. The summed E-state index contributed by atoms with van der Waals surface area (Å²) < 4.78 is 5.95. The number of allylic oxidation sites excluding steroid dienone is 1. The van der Waals surface area contributed by atoms with Gasteiger partial charge in [0.1, 0.15) is 11.5 Å². The van der Waals surface area contributed by atoms with Gasteiger partial charge in [0.15, 0.2) is 0 Å². The topological polar surface area (TPSA) is 29.5 Å². The Kier molecular flexibility index (Phi) is 3.51. The lowest BCUT2D eigenvalue weighted by atomic mass is 9.87. The molecule has 1 N–H and O–H groups in total. The molecule has 0 aliphatic carbocycles. The molecule has 0 bridgehead atoms. The summed E-state index contributed by atoms with van der Waals surface area (Å²) in [5, 5.41) is 11.3. The highest BCUT2D eigenvalue weighted by Gasteiger charge is 2.30. The summed E-state index contributed by atoms with van der Waals surface area (Å²) >= 11 is 6.04. The highest BCUT2D eigenvalue weighted by molar-refractivity contribution is 6.30. The molecule has 2 atom stereocenters. The van der Waals surface area contributed by atoms with E-state index in [0.29, 0.717) is 17.2 Å². The molecule has 1 aliphatic rings. The largest absolute Gasteiger partial charge is 0.457 e. The third-order valence-corrected chi connectivity index (χ3v) is 3.87. The number of hydrogen-bond acceptors (Lipinski definition) is 2. The first-order chi connectivity index (χ1) is 9.70. The molecule has 0 saturated heterocycles. The Morgan fingerprint density at radius 2 is 1.90 bits per heavy atom. The average Bonchev–Trinajstić information content (AvgIpc) is 2.57. The first-order valence-corrected chi connectivity index (χ1v) is 6.93. The predicted molar refractivity (Wildman–Crippen MR) is 80.5 cm³/mol. The van der Waals surface area contributed by atoms with E-state index in [0.717, 1.165) is 16.9 Å². The van der Waals surface area contributed by atoms with Crippen molar-refractivity contribution in [3.05, 3.63) is 71.3 Å². The van der Waals surface area contributed by atoms with E-state index in [4.69, 9.17) is 16.3 Å². The number of hydrogen-bond donors (Lipinski definition) is 1. The van der Waals surface area contributed by atoms with Crippen LogP contribution in [0.4, 0.5) is 0 Å². The summed E-state index contributed by atoms with van der Waals surface area (Å²) in [5.41, 5.74) is 1.72. The highest BCUT2D eigenvalue weighted by Crippen LogP contribution is 2.47. The summed E-state index contributed by atoms with van der Waals surface area (Å²) in [4.78, 5) is 0. The Morgan fingerprint density at radius 3 is 2.70 bits per heavy atom. The van der Waals surface area contributed by atoms with Gasteiger partial charge in [0.2, 0.25) is 0 Å². The Hall–Kier alpha value is -1.77. The Morgan fingerprint density at radius 1 is 1.15 bits per heavy atom. The number of para-hydroxylation sites is 1. The number of aliphatic hydroxyl groups excluding tert-OH is 1. The van der Waals surface area contributed by atoms with E-state index >= 15 is 0 Å². The molecule has 0 amide bonds. The maximum Gasteiger partial charge on any atom is 0.133 e. The van der Waals surface area contributed by atoms with Gasteiger partial charge in [-0.15, -0.1) is 6.58 Å². The number of ether oxygens (including phenoxy) is 1. The molecule has 2 aromatic carbocycles. The van der Waals surface area contributed by atoms with Crippen LogP contribution in [0.3, 0.4) is 0 Å². The molecule has 0 unspecified atom stereocenters. The van der Waals surface area contributed by atoms with Crippen LogP contribution in [0, 0.1) is 0 Å². The molecule has 1 heterocycles. The van der Waals surface area contributed by atoms with Crippen LogP contribution in [0.15, 0.2) is 55.1 Å². The molecular formula is C17H15ClO2. The van der Waals surface area contributed by atoms with Crippen LogP contribution in [-0.2, 0) is 0 Å². The second-order valence-corrected chi connectivity index (χ2v) is 5.33. The Labute approximate surface area is 123 Å². The van der Waals surface area contributed by atoms with Gasteiger partial charge in [0.05, 0.1) is 6.10 Å². The van der Waals surface area contributed by atoms with Crippen LogP contribution in [0.2, 0.25) is 5.02 Å². The van der Waals surface area contributed by atoms with E-state index in [1.54, 1.807) is 18.2 Å². The van der Waals surface area contributed by atoms with Crippen molar-refractivity contribution in [2.45, 2.75) is 18.4 Å². The Bertz CT molecular complexity index is 651. The van der Waals surface area contributed by atoms with Crippen molar-refractivity contribution in [3.8, 4) is 11.5 Å². The number of halogens is 1. The molecular weight excluding hydrogens is 272 g/mol. The van der Waals surface area contributed by atoms with Crippen molar-refractivity contribution in [3.63, 3.8) is 0 Å². The van der Waals surface area contributed by atoms with Gasteiger partial charge in [-0.05, 0) is 30.7 Å². The molecule has 2 aromatic rings. The molecule has 20 heavy (non-hydrogen) atoms. The van der Waals surface area contributed by atoms with Crippen LogP contribution in [0.25, 0.3) is 0 Å². The maximum absolute atomic E-state index is 10.7. The van der Waals surface area contributed by atoms with E-state index in [1.807, 2.05) is 30.3 Å². The molecule has 0 spiro atoms. The van der Waals surface area contributed by atoms with E-state index in [9.17, 15) is 5.11 Å². The molecule has 0 saturated carbocycles. The fraction of sp³-hybridized carbons (Fsp3) is 0.176. The first kappa shape index (κ1) is 13.2. The standard InChI is InChI=1S/C17H15ClO2/c1-2-5-13-12-6-3-4-7-15(12)20-16-9-8-11(18)10-14(16)17(13)19/h2-4,6-10,13,17,19H,1,5H2/t13-,17-/m1/s1. The number of aliphatic hydroxyl groups is 1. The zero-order chi connectivity index (χ0) is 14.1. The summed E-state index contributed by atoms with van der Waals surface area (Å²) in [5.74, 6) is 1.35. The van der Waals surface area contributed by atoms with Gasteiger partial charge in [-0.1, -0.05) is 35.9 Å². The van der Waals surface area contributed by atoms with Gasteiger partial charge >= 0.3 is 0 Å². The third-order valence-electron chi connectivity index (χ3n) is 3.63. The zero-order valence-corrected chi connectivity index (χ0v) is 11.7. The van der Waals surface area contributed by atoms with Crippen molar-refractivity contribution in [1.29, 1.82) is 0 Å². The maximum atomic E-state index is 10.7. The van der Waals surface area contributed by atoms with Crippen LogP contribution >= 0.6 is 11.6 Å². The van der Waals surface area contributed by atoms with Crippen LogP contribution < -0.4 is 4.74 Å². The van der Waals surface area contributed by atoms with Gasteiger partial charge < -0.3 is 9.84 Å². The lowest BCUT2D eigenvalue weighted by Gasteiger charge is -2.20. The minimum absolute atomic E-state index is 0.0802. The van der Waals surface area contributed by atoms with Crippen LogP contribution in [0.5, 0.6) is 11.5 Å². The van der Waals surface area contributed by atoms with Gasteiger partial charge in [0, 0.05) is 22.1 Å². The first-order valence-electron chi connectivity index (χ1n) is 6.56. The smallest absolute Gasteiger partial charge is 0.133 e. The average molecular weight is 287 g/mol. The monoisotopic (exact) mass is 286 g/mol. The molecule has 0 aromatic heterocycles. The van der Waals surface area contributed by atoms with Crippen molar-refractivity contribution >= 4 is 11.6 Å². The van der Waals surface area contributed by atoms with Crippen LogP contribution in [0.1, 0.15) is 29.6 Å². The zero-order valence-electron chi connectivity index (χ0n) is 10.9. The molecule has 102 valence electrons. The minimum Gasteiger partial charge on any atom is -0.457 e. The summed E-state index contributed by atoms with van der Waals surface area (Å²) in [7, 11) is 0.